The Kier molecular flexibility index (Phi) is 5.32. The van der Waals surface area contributed by atoms with Gasteiger partial charge in [0.1, 0.15) is 0 Å². The molecule has 1 heterocycles. The highest BCUT2D eigenvalue weighted by molar-refractivity contribution is 7.10. The Balaban J connectivity index is 2.15. The third kappa shape index (κ3) is 3.46. The van der Waals surface area contributed by atoms with Gasteiger partial charge in [-0.15, -0.1) is 11.3 Å². The van der Waals surface area contributed by atoms with Crippen molar-refractivity contribution in [1.29, 1.82) is 0 Å². The van der Waals surface area contributed by atoms with Crippen LogP contribution < -0.4 is 11.1 Å². The van der Waals surface area contributed by atoms with Crippen molar-refractivity contribution in [3.8, 4) is 0 Å². The summed E-state index contributed by atoms with van der Waals surface area (Å²) in [6, 6.07) is 11.8. The average Bonchev–Trinajstić information content (AvgIpc) is 2.99. The molecule has 1 aromatic carbocycles. The second-order valence-corrected chi connectivity index (χ2v) is 5.62. The molecule has 106 valence electrons. The van der Waals surface area contributed by atoms with E-state index in [0.29, 0.717) is 6.54 Å². The quantitative estimate of drug-likeness (QED) is 0.858. The van der Waals surface area contributed by atoms with Gasteiger partial charge in [-0.25, -0.2) is 0 Å². The van der Waals surface area contributed by atoms with Gasteiger partial charge in [-0.3, -0.25) is 4.79 Å². The summed E-state index contributed by atoms with van der Waals surface area (Å²) in [6.07, 6.45) is 1.60. The van der Waals surface area contributed by atoms with Crippen molar-refractivity contribution < 1.29 is 4.79 Å². The third-order valence-corrected chi connectivity index (χ3v) is 4.26. The first-order chi connectivity index (χ1) is 9.76. The molecule has 3 N–H and O–H groups in total. The van der Waals surface area contributed by atoms with E-state index in [1.165, 1.54) is 4.88 Å². The Hall–Kier alpha value is -1.65. The van der Waals surface area contributed by atoms with Gasteiger partial charge in [-0.2, -0.15) is 0 Å². The number of carbonyl (C=O) groups excluding carboxylic acids is 1. The van der Waals surface area contributed by atoms with E-state index in [1.54, 1.807) is 11.3 Å². The van der Waals surface area contributed by atoms with Gasteiger partial charge in [-0.1, -0.05) is 31.2 Å². The average molecular weight is 288 g/mol. The first kappa shape index (κ1) is 14.8. The molecule has 20 heavy (non-hydrogen) atoms. The summed E-state index contributed by atoms with van der Waals surface area (Å²) < 4.78 is 0. The van der Waals surface area contributed by atoms with Gasteiger partial charge >= 0.3 is 0 Å². The molecule has 1 aromatic heterocycles. The summed E-state index contributed by atoms with van der Waals surface area (Å²) in [5, 5.41) is 5.15. The van der Waals surface area contributed by atoms with Gasteiger partial charge in [0.25, 0.3) is 5.91 Å². The molecule has 0 spiro atoms. The summed E-state index contributed by atoms with van der Waals surface area (Å²) in [7, 11) is 0. The monoisotopic (exact) mass is 288 g/mol. The number of carbonyl (C=O) groups is 1. The number of hydrogen-bond donors (Lipinski definition) is 2. The van der Waals surface area contributed by atoms with E-state index < -0.39 is 0 Å². The van der Waals surface area contributed by atoms with Gasteiger partial charge in [-0.05, 0) is 42.5 Å². The molecule has 3 nitrogen and oxygen atoms in total. The van der Waals surface area contributed by atoms with E-state index in [9.17, 15) is 4.79 Å². The van der Waals surface area contributed by atoms with Crippen LogP contribution in [0.15, 0.2) is 41.8 Å². The zero-order valence-corrected chi connectivity index (χ0v) is 12.5. The fourth-order valence-electron chi connectivity index (χ4n) is 2.22. The molecule has 0 aliphatic rings. The van der Waals surface area contributed by atoms with Crippen LogP contribution in [0.3, 0.4) is 0 Å². The number of benzene rings is 1. The minimum Gasteiger partial charge on any atom is -0.344 e. The molecule has 0 bridgehead atoms. The molecule has 0 aliphatic carbocycles. The minimum atomic E-state index is -0.0192. The van der Waals surface area contributed by atoms with Crippen LogP contribution in [0.25, 0.3) is 0 Å². The summed E-state index contributed by atoms with van der Waals surface area (Å²) >= 11 is 1.67. The molecule has 4 heteroatoms. The summed E-state index contributed by atoms with van der Waals surface area (Å²) in [4.78, 5) is 13.6. The normalized spacial score (nSPS) is 12.1. The van der Waals surface area contributed by atoms with Gasteiger partial charge in [0.05, 0.1) is 6.04 Å². The van der Waals surface area contributed by atoms with Crippen LogP contribution in [-0.4, -0.2) is 12.5 Å². The lowest BCUT2D eigenvalue weighted by Crippen LogP contribution is -2.28. The standard InChI is InChI=1S/C16H20N2OS/c1-2-14(15-8-5-11-20-15)18-16(19)13-7-4-3-6-12(13)9-10-17/h3-8,11,14H,2,9-10,17H2,1H3,(H,18,19). The van der Waals surface area contributed by atoms with E-state index in [-0.39, 0.29) is 11.9 Å². The Labute approximate surface area is 123 Å². The van der Waals surface area contributed by atoms with Crippen LogP contribution >= 0.6 is 11.3 Å². The van der Waals surface area contributed by atoms with E-state index in [2.05, 4.69) is 18.3 Å². The minimum absolute atomic E-state index is 0.0192. The Morgan fingerprint density at radius 2 is 2.10 bits per heavy atom. The fraction of sp³-hybridized carbons (Fsp3) is 0.312. The second kappa shape index (κ2) is 7.22. The largest absolute Gasteiger partial charge is 0.344 e. The van der Waals surface area contributed by atoms with Crippen LogP contribution in [-0.2, 0) is 6.42 Å². The Bertz CT molecular complexity index is 551. The first-order valence-electron chi connectivity index (χ1n) is 6.88. The van der Waals surface area contributed by atoms with Crippen molar-refractivity contribution in [3.05, 3.63) is 57.8 Å². The number of nitrogens with two attached hydrogens (primary N) is 1. The molecule has 1 unspecified atom stereocenters. The van der Waals surface area contributed by atoms with E-state index in [0.717, 1.165) is 24.0 Å². The van der Waals surface area contributed by atoms with Gasteiger partial charge in [0.15, 0.2) is 0 Å². The highest BCUT2D eigenvalue weighted by Crippen LogP contribution is 2.22. The van der Waals surface area contributed by atoms with E-state index >= 15 is 0 Å². The first-order valence-corrected chi connectivity index (χ1v) is 7.76. The maximum atomic E-state index is 12.5. The Morgan fingerprint density at radius 3 is 2.75 bits per heavy atom. The predicted octanol–water partition coefficient (Wildman–Crippen LogP) is 3.13. The Morgan fingerprint density at radius 1 is 1.30 bits per heavy atom. The van der Waals surface area contributed by atoms with Crippen molar-refractivity contribution >= 4 is 17.2 Å². The van der Waals surface area contributed by atoms with Gasteiger partial charge in [0, 0.05) is 10.4 Å². The highest BCUT2D eigenvalue weighted by atomic mass is 32.1. The molecule has 0 radical (unpaired) electrons. The number of rotatable bonds is 6. The number of hydrogen-bond acceptors (Lipinski definition) is 3. The molecule has 1 atom stereocenters. The van der Waals surface area contributed by atoms with Crippen LogP contribution in [0, 0.1) is 0 Å². The molecule has 0 aliphatic heterocycles. The lowest BCUT2D eigenvalue weighted by Gasteiger charge is -2.17. The van der Waals surface area contributed by atoms with Gasteiger partial charge < -0.3 is 11.1 Å². The molecule has 2 rings (SSSR count). The fourth-order valence-corrected chi connectivity index (χ4v) is 3.08. The summed E-state index contributed by atoms with van der Waals surface area (Å²) in [5.41, 5.74) is 7.34. The summed E-state index contributed by atoms with van der Waals surface area (Å²) in [6.45, 7) is 2.63. The van der Waals surface area contributed by atoms with Crippen LogP contribution in [0.2, 0.25) is 0 Å². The lowest BCUT2D eigenvalue weighted by atomic mass is 10.0. The zero-order chi connectivity index (χ0) is 14.4. The van der Waals surface area contributed by atoms with E-state index in [1.807, 2.05) is 35.7 Å². The van der Waals surface area contributed by atoms with Crippen molar-refractivity contribution in [1.82, 2.24) is 5.32 Å². The lowest BCUT2D eigenvalue weighted by molar-refractivity contribution is 0.0935. The van der Waals surface area contributed by atoms with Crippen molar-refractivity contribution in [3.63, 3.8) is 0 Å². The number of thiophene rings is 1. The zero-order valence-electron chi connectivity index (χ0n) is 11.6. The highest BCUT2D eigenvalue weighted by Gasteiger charge is 2.16. The van der Waals surface area contributed by atoms with Crippen molar-refractivity contribution in [2.24, 2.45) is 5.73 Å². The maximum absolute atomic E-state index is 12.5. The third-order valence-electron chi connectivity index (χ3n) is 3.28. The second-order valence-electron chi connectivity index (χ2n) is 4.65. The van der Waals surface area contributed by atoms with Crippen molar-refractivity contribution in [2.45, 2.75) is 25.8 Å². The topological polar surface area (TPSA) is 55.1 Å². The van der Waals surface area contributed by atoms with E-state index in [4.69, 9.17) is 5.73 Å². The number of amides is 1. The maximum Gasteiger partial charge on any atom is 0.252 e. The van der Waals surface area contributed by atoms with Crippen LogP contribution in [0.5, 0.6) is 0 Å². The van der Waals surface area contributed by atoms with Gasteiger partial charge in [0.2, 0.25) is 0 Å². The van der Waals surface area contributed by atoms with Crippen molar-refractivity contribution in [2.75, 3.05) is 6.54 Å². The summed E-state index contributed by atoms with van der Waals surface area (Å²) in [5.74, 6) is -0.0192. The molecule has 0 saturated heterocycles. The molecule has 0 fully saturated rings. The molecular formula is C16H20N2OS. The predicted molar refractivity (Wildman–Crippen MR) is 84.0 cm³/mol. The molecule has 1 amide bonds. The molecular weight excluding hydrogens is 268 g/mol. The smallest absolute Gasteiger partial charge is 0.252 e. The van der Waals surface area contributed by atoms with Crippen LogP contribution in [0.1, 0.15) is 40.2 Å². The SMILES string of the molecule is CCC(NC(=O)c1ccccc1CCN)c1cccs1. The van der Waals surface area contributed by atoms with Crippen LogP contribution in [0.4, 0.5) is 0 Å². The number of nitrogens with one attached hydrogen (secondary N) is 1. The molecule has 2 aromatic rings. The molecule has 0 saturated carbocycles.